The van der Waals surface area contributed by atoms with Gasteiger partial charge in [0, 0.05) is 13.2 Å². The van der Waals surface area contributed by atoms with Crippen molar-refractivity contribution in [2.75, 3.05) is 24.6 Å². The van der Waals surface area contributed by atoms with Gasteiger partial charge in [0.15, 0.2) is 6.10 Å². The summed E-state index contributed by atoms with van der Waals surface area (Å²) in [6.45, 7) is 7.27. The predicted octanol–water partition coefficient (Wildman–Crippen LogP) is 3.55. The third-order valence-electron chi connectivity index (χ3n) is 5.76. The van der Waals surface area contributed by atoms with Gasteiger partial charge in [-0.1, -0.05) is 26.0 Å². The van der Waals surface area contributed by atoms with E-state index in [4.69, 9.17) is 13.9 Å². The molecule has 2 aromatic rings. The number of furan rings is 1. The average Bonchev–Trinajstić information content (AvgIpc) is 3.40. The first-order valence-electron chi connectivity index (χ1n) is 10.9. The number of amides is 2. The van der Waals surface area contributed by atoms with Crippen molar-refractivity contribution in [3.05, 3.63) is 47.9 Å². The molecule has 1 fully saturated rings. The molecule has 166 valence electrons. The highest BCUT2D eigenvalue weighted by molar-refractivity contribution is 6.04. The van der Waals surface area contributed by atoms with E-state index in [9.17, 15) is 9.59 Å². The summed E-state index contributed by atoms with van der Waals surface area (Å²) in [5.41, 5.74) is 0.628. The molecule has 0 unspecified atom stereocenters. The predicted molar refractivity (Wildman–Crippen MR) is 116 cm³/mol. The molecule has 1 saturated heterocycles. The zero-order chi connectivity index (χ0) is 22.0. The first kappa shape index (κ1) is 21.4. The van der Waals surface area contributed by atoms with Gasteiger partial charge < -0.3 is 18.8 Å². The average molecular weight is 427 g/mol. The van der Waals surface area contributed by atoms with E-state index < -0.39 is 6.10 Å². The number of nitrogens with zero attached hydrogens (tertiary/aromatic N) is 2. The molecule has 0 aliphatic carbocycles. The molecule has 2 amide bonds. The van der Waals surface area contributed by atoms with Crippen LogP contribution in [0.15, 0.2) is 40.8 Å². The van der Waals surface area contributed by atoms with E-state index in [0.717, 1.165) is 31.0 Å². The van der Waals surface area contributed by atoms with E-state index in [0.29, 0.717) is 24.5 Å². The molecule has 4 rings (SSSR count). The molecule has 3 heterocycles. The molecular weight excluding hydrogens is 396 g/mol. The van der Waals surface area contributed by atoms with Crippen molar-refractivity contribution in [1.29, 1.82) is 0 Å². The Hall–Kier alpha value is -2.80. The smallest absolute Gasteiger partial charge is 0.268 e. The number of carbonyl (C=O) groups excluding carboxylic acids is 2. The van der Waals surface area contributed by atoms with Crippen molar-refractivity contribution in [2.24, 2.45) is 5.92 Å². The van der Waals surface area contributed by atoms with Crippen molar-refractivity contribution >= 4 is 17.5 Å². The number of para-hydroxylation sites is 2. The normalized spacial score (nSPS) is 20.6. The van der Waals surface area contributed by atoms with Crippen LogP contribution in [0.25, 0.3) is 0 Å². The maximum Gasteiger partial charge on any atom is 0.268 e. The summed E-state index contributed by atoms with van der Waals surface area (Å²) < 4.78 is 17.4. The summed E-state index contributed by atoms with van der Waals surface area (Å²) in [6, 6.07) is 11.1. The van der Waals surface area contributed by atoms with Crippen LogP contribution >= 0.6 is 0 Å². The van der Waals surface area contributed by atoms with Crippen LogP contribution < -0.4 is 9.64 Å². The molecule has 0 saturated carbocycles. The van der Waals surface area contributed by atoms with Gasteiger partial charge in [-0.15, -0.1) is 0 Å². The maximum absolute atomic E-state index is 13.4. The van der Waals surface area contributed by atoms with Crippen LogP contribution in [0.5, 0.6) is 5.75 Å². The van der Waals surface area contributed by atoms with Gasteiger partial charge in [-0.25, -0.2) is 0 Å². The van der Waals surface area contributed by atoms with Crippen molar-refractivity contribution in [2.45, 2.75) is 52.4 Å². The van der Waals surface area contributed by atoms with Crippen LogP contribution in [0.4, 0.5) is 5.69 Å². The molecule has 0 radical (unpaired) electrons. The number of anilines is 1. The fraction of sp³-hybridized carbons (Fsp3) is 0.500. The van der Waals surface area contributed by atoms with Crippen LogP contribution in [0.3, 0.4) is 0 Å². The Balaban J connectivity index is 1.56. The third-order valence-corrected chi connectivity index (χ3v) is 5.76. The molecule has 7 nitrogen and oxygen atoms in total. The fourth-order valence-electron chi connectivity index (χ4n) is 4.11. The Morgan fingerprint density at radius 2 is 2.03 bits per heavy atom. The third kappa shape index (κ3) is 4.77. The van der Waals surface area contributed by atoms with Crippen molar-refractivity contribution in [1.82, 2.24) is 4.90 Å². The molecule has 1 aromatic carbocycles. The number of aryl methyl sites for hydroxylation is 1. The molecule has 0 bridgehead atoms. The summed E-state index contributed by atoms with van der Waals surface area (Å²) in [5, 5.41) is 0. The van der Waals surface area contributed by atoms with E-state index >= 15 is 0 Å². The van der Waals surface area contributed by atoms with Crippen molar-refractivity contribution < 1.29 is 23.5 Å². The quantitative estimate of drug-likeness (QED) is 0.677. The number of rotatable bonds is 7. The maximum atomic E-state index is 13.4. The number of hydrogen-bond acceptors (Lipinski definition) is 5. The van der Waals surface area contributed by atoms with Crippen LogP contribution in [0.2, 0.25) is 0 Å². The highest BCUT2D eigenvalue weighted by Gasteiger charge is 2.38. The fourth-order valence-corrected chi connectivity index (χ4v) is 4.11. The number of carbonyl (C=O) groups is 2. The van der Waals surface area contributed by atoms with E-state index in [2.05, 4.69) is 0 Å². The Morgan fingerprint density at radius 3 is 2.71 bits per heavy atom. The standard InChI is InChI=1S/C24H30N2O5/c1-16(2)23-24(28)26(20-8-4-5-9-21(20)31-23)15-22(27)25(13-18-7-6-12-29-18)14-19-11-10-17(3)30-19/h4-5,8-11,16,18,23H,6-7,12-15H2,1-3H3/t18-,23-/m1/s1. The van der Waals surface area contributed by atoms with E-state index in [1.54, 1.807) is 9.80 Å². The van der Waals surface area contributed by atoms with Gasteiger partial charge in [-0.2, -0.15) is 0 Å². The van der Waals surface area contributed by atoms with Crippen LogP contribution in [0.1, 0.15) is 38.2 Å². The highest BCUT2D eigenvalue weighted by Crippen LogP contribution is 2.35. The lowest BCUT2D eigenvalue weighted by Crippen LogP contribution is -2.52. The van der Waals surface area contributed by atoms with Crippen LogP contribution in [-0.4, -0.2) is 48.6 Å². The number of fused-ring (bicyclic) bond motifs is 1. The Labute approximate surface area is 182 Å². The van der Waals surface area contributed by atoms with Gasteiger partial charge in [0.2, 0.25) is 5.91 Å². The molecule has 2 aliphatic rings. The summed E-state index contributed by atoms with van der Waals surface area (Å²) in [4.78, 5) is 29.9. The minimum atomic E-state index is -0.609. The van der Waals surface area contributed by atoms with Crippen molar-refractivity contribution in [3.63, 3.8) is 0 Å². The van der Waals surface area contributed by atoms with Gasteiger partial charge >= 0.3 is 0 Å². The lowest BCUT2D eigenvalue weighted by atomic mass is 10.0. The second-order valence-corrected chi connectivity index (χ2v) is 8.60. The molecule has 0 spiro atoms. The lowest BCUT2D eigenvalue weighted by Gasteiger charge is -2.36. The summed E-state index contributed by atoms with van der Waals surface area (Å²) >= 11 is 0. The monoisotopic (exact) mass is 426 g/mol. The minimum Gasteiger partial charge on any atom is -0.478 e. The molecule has 7 heteroatoms. The molecule has 2 atom stereocenters. The van der Waals surface area contributed by atoms with E-state index in [1.165, 1.54) is 0 Å². The van der Waals surface area contributed by atoms with Gasteiger partial charge in [0.05, 0.1) is 18.3 Å². The Morgan fingerprint density at radius 1 is 1.23 bits per heavy atom. The van der Waals surface area contributed by atoms with Crippen LogP contribution in [0, 0.1) is 12.8 Å². The molecular formula is C24H30N2O5. The van der Waals surface area contributed by atoms with Gasteiger partial charge in [-0.3, -0.25) is 14.5 Å². The SMILES string of the molecule is Cc1ccc(CN(C[C@H]2CCCO2)C(=O)CN2C(=O)[C@@H](C(C)C)Oc3ccccc32)o1. The molecule has 2 aliphatic heterocycles. The number of benzene rings is 1. The Bertz CT molecular complexity index is 932. The first-order valence-corrected chi connectivity index (χ1v) is 10.9. The first-order chi connectivity index (χ1) is 14.9. The summed E-state index contributed by atoms with van der Waals surface area (Å²) in [7, 11) is 0. The summed E-state index contributed by atoms with van der Waals surface area (Å²) in [5.74, 6) is 1.81. The minimum absolute atomic E-state index is 0.00690. The molecule has 31 heavy (non-hydrogen) atoms. The zero-order valence-corrected chi connectivity index (χ0v) is 18.4. The van der Waals surface area contributed by atoms with Crippen LogP contribution in [-0.2, 0) is 20.9 Å². The largest absolute Gasteiger partial charge is 0.478 e. The van der Waals surface area contributed by atoms with Crippen molar-refractivity contribution in [3.8, 4) is 5.75 Å². The Kier molecular flexibility index (Phi) is 6.32. The molecule has 1 aromatic heterocycles. The van der Waals surface area contributed by atoms with Gasteiger partial charge in [-0.05, 0) is 49.9 Å². The zero-order valence-electron chi connectivity index (χ0n) is 18.4. The molecule has 0 N–H and O–H groups in total. The van der Waals surface area contributed by atoms with Gasteiger partial charge in [0.1, 0.15) is 23.8 Å². The highest BCUT2D eigenvalue weighted by atomic mass is 16.5. The topological polar surface area (TPSA) is 72.2 Å². The van der Waals surface area contributed by atoms with E-state index in [1.807, 2.05) is 57.2 Å². The summed E-state index contributed by atoms with van der Waals surface area (Å²) in [6.07, 6.45) is 1.33. The second kappa shape index (κ2) is 9.14. The van der Waals surface area contributed by atoms with Gasteiger partial charge in [0.25, 0.3) is 5.91 Å². The lowest BCUT2D eigenvalue weighted by molar-refractivity contribution is -0.135. The van der Waals surface area contributed by atoms with E-state index in [-0.39, 0.29) is 30.4 Å². The number of ether oxygens (including phenoxy) is 2. The number of hydrogen-bond donors (Lipinski definition) is 0. The second-order valence-electron chi connectivity index (χ2n) is 8.60.